The minimum Gasteiger partial charge on any atom is -0.460 e. The van der Waals surface area contributed by atoms with E-state index in [1.807, 2.05) is 20.8 Å². The van der Waals surface area contributed by atoms with Gasteiger partial charge in [0.15, 0.2) is 0 Å². The van der Waals surface area contributed by atoms with Gasteiger partial charge in [0, 0.05) is 6.42 Å². The van der Waals surface area contributed by atoms with Gasteiger partial charge in [0.2, 0.25) is 0 Å². The first-order valence-electron chi connectivity index (χ1n) is 13.8. The summed E-state index contributed by atoms with van der Waals surface area (Å²) in [5.74, 6) is 1.58. The van der Waals surface area contributed by atoms with Crippen molar-refractivity contribution >= 4 is 5.97 Å². The van der Waals surface area contributed by atoms with E-state index in [1.165, 1.54) is 0 Å². The number of nitrogens with zero attached hydrogens (tertiary/aromatic N) is 1. The van der Waals surface area contributed by atoms with Crippen LogP contribution in [0.5, 0.6) is 0 Å². The molecule has 0 spiro atoms. The third kappa shape index (κ3) is 5.86. The molecule has 0 radical (unpaired) electrons. The van der Waals surface area contributed by atoms with Gasteiger partial charge in [-0.05, 0) is 119 Å². The summed E-state index contributed by atoms with van der Waals surface area (Å²) in [5.41, 5.74) is -0.712. The quantitative estimate of drug-likeness (QED) is 0.380. The molecule has 10 atom stereocenters. The van der Waals surface area contributed by atoms with Crippen molar-refractivity contribution in [2.24, 2.45) is 46.1 Å². The van der Waals surface area contributed by atoms with Crippen molar-refractivity contribution in [2.75, 3.05) is 0 Å². The molecule has 3 aliphatic carbocycles. The molecule has 0 aromatic heterocycles. The summed E-state index contributed by atoms with van der Waals surface area (Å²) in [5, 5.41) is 26.3. The maximum absolute atomic E-state index is 12.3. The van der Waals surface area contributed by atoms with Crippen LogP contribution in [0.25, 0.3) is 0 Å². The third-order valence-corrected chi connectivity index (χ3v) is 9.79. The molecule has 0 amide bonds. The van der Waals surface area contributed by atoms with E-state index in [4.69, 9.17) is 4.74 Å². The number of carbonyl (C=O) groups excluding carboxylic acids is 1. The summed E-state index contributed by atoms with van der Waals surface area (Å²) in [6, 6.07) is -0.147. The first-order valence-corrected chi connectivity index (χ1v) is 13.8. The van der Waals surface area contributed by atoms with E-state index >= 15 is 0 Å². The van der Waals surface area contributed by atoms with Crippen LogP contribution >= 0.6 is 0 Å². The van der Waals surface area contributed by atoms with Gasteiger partial charge in [0.1, 0.15) is 5.60 Å². The number of aliphatic hydroxyl groups excluding tert-OH is 2. The molecule has 0 aliphatic heterocycles. The summed E-state index contributed by atoms with van der Waals surface area (Å²) >= 11 is 0. The van der Waals surface area contributed by atoms with E-state index in [1.54, 1.807) is 0 Å². The number of carbonyl (C=O) groups is 1. The Balaban J connectivity index is 1.76. The van der Waals surface area contributed by atoms with Gasteiger partial charge in [-0.3, -0.25) is 4.79 Å². The molecule has 0 aromatic carbocycles. The second-order valence-corrected chi connectivity index (χ2v) is 13.1. The largest absolute Gasteiger partial charge is 0.460 e. The lowest BCUT2D eigenvalue weighted by atomic mass is 9.51. The van der Waals surface area contributed by atoms with E-state index in [0.717, 1.165) is 44.9 Å². The van der Waals surface area contributed by atoms with Gasteiger partial charge < -0.3 is 14.9 Å². The fourth-order valence-electron chi connectivity index (χ4n) is 8.00. The second kappa shape index (κ2) is 10.9. The van der Waals surface area contributed by atoms with Crippen molar-refractivity contribution in [3.63, 3.8) is 0 Å². The molecule has 3 fully saturated rings. The van der Waals surface area contributed by atoms with Crippen molar-refractivity contribution in [1.29, 1.82) is 0 Å². The van der Waals surface area contributed by atoms with Crippen LogP contribution in [0.15, 0.2) is 5.18 Å². The average molecular weight is 480 g/mol. The van der Waals surface area contributed by atoms with Gasteiger partial charge in [-0.2, -0.15) is 4.91 Å². The SMILES string of the molecule is CC1CCC(N=O)CCCC(O)C2C1CC(O)C1(C)C(C(C)CCC(=O)OC(C)(C)C)CCC21. The highest BCUT2D eigenvalue weighted by molar-refractivity contribution is 5.69. The van der Waals surface area contributed by atoms with Gasteiger partial charge in [-0.25, -0.2) is 0 Å². The molecule has 196 valence electrons. The molecule has 6 heteroatoms. The summed E-state index contributed by atoms with van der Waals surface area (Å²) in [7, 11) is 0. The molecule has 3 aliphatic rings. The van der Waals surface area contributed by atoms with E-state index in [2.05, 4.69) is 25.9 Å². The molecule has 34 heavy (non-hydrogen) atoms. The fourth-order valence-corrected chi connectivity index (χ4v) is 8.00. The lowest BCUT2D eigenvalue weighted by molar-refractivity contribution is -0.156. The summed E-state index contributed by atoms with van der Waals surface area (Å²) in [6.45, 7) is 12.4. The van der Waals surface area contributed by atoms with Crippen LogP contribution in [-0.2, 0) is 9.53 Å². The monoisotopic (exact) mass is 479 g/mol. The Labute approximate surface area is 206 Å². The lowest BCUT2D eigenvalue weighted by Crippen LogP contribution is -2.55. The number of nitroso groups, excluding NO2 is 1. The zero-order valence-corrected chi connectivity index (χ0v) is 22.3. The zero-order valence-electron chi connectivity index (χ0n) is 22.3. The van der Waals surface area contributed by atoms with Gasteiger partial charge >= 0.3 is 5.97 Å². The van der Waals surface area contributed by atoms with E-state index in [-0.39, 0.29) is 35.2 Å². The number of hydrogen-bond donors (Lipinski definition) is 2. The third-order valence-electron chi connectivity index (χ3n) is 9.79. The Morgan fingerprint density at radius 1 is 1.12 bits per heavy atom. The predicted octanol–water partition coefficient (Wildman–Crippen LogP) is 5.87. The Morgan fingerprint density at radius 2 is 1.82 bits per heavy atom. The normalized spacial score (nSPS) is 42.2. The molecule has 0 bridgehead atoms. The van der Waals surface area contributed by atoms with Gasteiger partial charge in [0.25, 0.3) is 0 Å². The van der Waals surface area contributed by atoms with Crippen LogP contribution < -0.4 is 0 Å². The molecule has 0 heterocycles. The number of ether oxygens (including phenoxy) is 1. The van der Waals surface area contributed by atoms with Crippen LogP contribution in [0.2, 0.25) is 0 Å². The molecule has 0 saturated heterocycles. The zero-order chi connectivity index (χ0) is 25.3. The fraction of sp³-hybridized carbons (Fsp3) is 0.964. The second-order valence-electron chi connectivity index (χ2n) is 13.1. The van der Waals surface area contributed by atoms with Crippen LogP contribution in [0.1, 0.15) is 106 Å². The maximum Gasteiger partial charge on any atom is 0.306 e. The van der Waals surface area contributed by atoms with E-state index < -0.39 is 17.8 Å². The molecular formula is C28H49NO5. The highest BCUT2D eigenvalue weighted by atomic mass is 16.6. The number of fused-ring (bicyclic) bond motifs is 3. The summed E-state index contributed by atoms with van der Waals surface area (Å²) in [6.07, 6.45) is 7.18. The van der Waals surface area contributed by atoms with Crippen LogP contribution in [0.4, 0.5) is 0 Å². The molecule has 6 nitrogen and oxygen atoms in total. The number of esters is 1. The minimum atomic E-state index is -0.468. The Bertz CT molecular complexity index is 705. The van der Waals surface area contributed by atoms with Crippen molar-refractivity contribution in [3.05, 3.63) is 4.91 Å². The Hall–Kier alpha value is -1.01. The van der Waals surface area contributed by atoms with Crippen LogP contribution in [-0.4, -0.2) is 40.0 Å². The highest BCUT2D eigenvalue weighted by Crippen LogP contribution is 2.63. The standard InChI is InChI=1S/C28H49NO5/c1-17-10-12-19(29-33)8-7-9-23(30)26-20(17)16-24(31)28(6)21(13-14-22(26)28)18(2)11-15-25(32)34-27(3,4)5/h17-24,26,30-31H,7-16H2,1-6H3. The summed E-state index contributed by atoms with van der Waals surface area (Å²) in [4.78, 5) is 23.5. The van der Waals surface area contributed by atoms with Gasteiger partial charge in [-0.1, -0.05) is 25.9 Å². The minimum absolute atomic E-state index is 0.147. The number of rotatable bonds is 5. The van der Waals surface area contributed by atoms with Crippen molar-refractivity contribution in [3.8, 4) is 0 Å². The summed E-state index contributed by atoms with van der Waals surface area (Å²) < 4.78 is 5.52. The maximum atomic E-state index is 12.3. The van der Waals surface area contributed by atoms with Crippen molar-refractivity contribution in [2.45, 2.75) is 130 Å². The average Bonchev–Trinajstić information content (AvgIpc) is 3.11. The number of aliphatic hydroxyl groups is 2. The molecule has 0 aromatic rings. The van der Waals surface area contributed by atoms with Crippen molar-refractivity contribution in [1.82, 2.24) is 0 Å². The number of hydrogen-bond acceptors (Lipinski definition) is 6. The van der Waals surface area contributed by atoms with Crippen molar-refractivity contribution < 1.29 is 19.7 Å². The van der Waals surface area contributed by atoms with Gasteiger partial charge in [0.05, 0.1) is 18.2 Å². The molecule has 3 rings (SSSR count). The molecule has 2 N–H and O–H groups in total. The Kier molecular flexibility index (Phi) is 8.87. The first-order chi connectivity index (χ1) is 15.9. The van der Waals surface area contributed by atoms with Crippen LogP contribution in [0.3, 0.4) is 0 Å². The van der Waals surface area contributed by atoms with E-state index in [9.17, 15) is 19.9 Å². The highest BCUT2D eigenvalue weighted by Gasteiger charge is 2.60. The molecule has 10 unspecified atom stereocenters. The molecule has 3 saturated carbocycles. The lowest BCUT2D eigenvalue weighted by Gasteiger charge is -2.55. The topological polar surface area (TPSA) is 96.2 Å². The molecular weight excluding hydrogens is 430 g/mol. The van der Waals surface area contributed by atoms with Gasteiger partial charge in [-0.15, -0.1) is 0 Å². The van der Waals surface area contributed by atoms with Crippen LogP contribution in [0, 0.1) is 45.8 Å². The predicted molar refractivity (Wildman–Crippen MR) is 134 cm³/mol. The first kappa shape index (κ1) is 27.6. The Morgan fingerprint density at radius 3 is 2.47 bits per heavy atom. The smallest absolute Gasteiger partial charge is 0.306 e. The van der Waals surface area contributed by atoms with E-state index in [0.29, 0.717) is 37.0 Å².